The average molecular weight is 360 g/mol. The average Bonchev–Trinajstić information content (AvgIpc) is 2.66. The summed E-state index contributed by atoms with van der Waals surface area (Å²) < 4.78 is 17.1. The Kier molecular flexibility index (Phi) is 7.23. The minimum atomic E-state index is -0.238. The summed E-state index contributed by atoms with van der Waals surface area (Å²) in [5.74, 6) is 1.08. The van der Waals surface area contributed by atoms with Gasteiger partial charge < -0.3 is 24.1 Å². The smallest absolute Gasteiger partial charge is 0.252 e. The van der Waals surface area contributed by atoms with E-state index in [4.69, 9.17) is 14.2 Å². The van der Waals surface area contributed by atoms with Crippen molar-refractivity contribution in [3.05, 3.63) is 58.0 Å². The van der Waals surface area contributed by atoms with Crippen LogP contribution in [0.5, 0.6) is 11.5 Å². The fraction of sp³-hybridized carbons (Fsp3) is 0.368. The second-order valence-electron chi connectivity index (χ2n) is 5.60. The number of amides is 1. The summed E-state index contributed by atoms with van der Waals surface area (Å²) in [4.78, 5) is 24.1. The van der Waals surface area contributed by atoms with Crippen LogP contribution in [0.3, 0.4) is 0 Å². The monoisotopic (exact) mass is 360 g/mol. The predicted octanol–water partition coefficient (Wildman–Crippen LogP) is 1.48. The van der Waals surface area contributed by atoms with Gasteiger partial charge in [0.05, 0.1) is 26.4 Å². The molecule has 0 spiro atoms. The molecule has 26 heavy (non-hydrogen) atoms. The van der Waals surface area contributed by atoms with E-state index in [1.807, 2.05) is 18.2 Å². The summed E-state index contributed by atoms with van der Waals surface area (Å²) in [5, 5.41) is 2.86. The van der Waals surface area contributed by atoms with Crippen molar-refractivity contribution in [2.24, 2.45) is 0 Å². The number of benzene rings is 1. The van der Waals surface area contributed by atoms with Crippen LogP contribution in [0.25, 0.3) is 0 Å². The zero-order chi connectivity index (χ0) is 18.9. The molecule has 0 aliphatic rings. The molecule has 1 N–H and O–H groups in total. The fourth-order valence-corrected chi connectivity index (χ4v) is 2.59. The predicted molar refractivity (Wildman–Crippen MR) is 98.2 cm³/mol. The molecule has 7 heteroatoms. The Morgan fingerprint density at radius 2 is 1.92 bits per heavy atom. The van der Waals surface area contributed by atoms with Gasteiger partial charge in [0.25, 0.3) is 11.5 Å². The fourth-order valence-electron chi connectivity index (χ4n) is 2.59. The highest BCUT2D eigenvalue weighted by Crippen LogP contribution is 2.30. The van der Waals surface area contributed by atoms with Gasteiger partial charge in [0, 0.05) is 32.5 Å². The van der Waals surface area contributed by atoms with E-state index in [2.05, 4.69) is 5.32 Å². The van der Waals surface area contributed by atoms with E-state index in [0.717, 1.165) is 5.56 Å². The Labute approximate surface area is 152 Å². The minimum absolute atomic E-state index is 0.167. The number of hydrogen-bond donors (Lipinski definition) is 1. The molecule has 1 aromatic heterocycles. The number of para-hydroxylation sites is 1. The Morgan fingerprint density at radius 3 is 2.62 bits per heavy atom. The van der Waals surface area contributed by atoms with Crippen molar-refractivity contribution in [2.45, 2.75) is 13.0 Å². The second kappa shape index (κ2) is 9.62. The van der Waals surface area contributed by atoms with Crippen LogP contribution in [0.15, 0.2) is 41.3 Å². The maximum absolute atomic E-state index is 12.3. The zero-order valence-electron chi connectivity index (χ0n) is 15.3. The molecule has 1 amide bonds. The molecule has 0 saturated heterocycles. The summed E-state index contributed by atoms with van der Waals surface area (Å²) in [7, 11) is 4.74. The van der Waals surface area contributed by atoms with Gasteiger partial charge in [-0.3, -0.25) is 9.59 Å². The van der Waals surface area contributed by atoms with E-state index in [-0.39, 0.29) is 11.5 Å². The maximum Gasteiger partial charge on any atom is 0.252 e. The van der Waals surface area contributed by atoms with Crippen LogP contribution < -0.4 is 20.3 Å². The zero-order valence-corrected chi connectivity index (χ0v) is 15.3. The second-order valence-corrected chi connectivity index (χ2v) is 5.60. The van der Waals surface area contributed by atoms with E-state index in [1.54, 1.807) is 27.5 Å². The van der Waals surface area contributed by atoms with E-state index in [9.17, 15) is 9.59 Å². The molecule has 0 aliphatic carbocycles. The van der Waals surface area contributed by atoms with Crippen LogP contribution >= 0.6 is 0 Å². The molecule has 140 valence electrons. The third-order valence-corrected chi connectivity index (χ3v) is 3.95. The van der Waals surface area contributed by atoms with Gasteiger partial charge in [0.2, 0.25) is 0 Å². The van der Waals surface area contributed by atoms with Crippen molar-refractivity contribution in [1.29, 1.82) is 0 Å². The molecule has 0 radical (unpaired) electrons. The quantitative estimate of drug-likeness (QED) is 0.733. The summed E-state index contributed by atoms with van der Waals surface area (Å²) in [6.45, 7) is 1.23. The van der Waals surface area contributed by atoms with Gasteiger partial charge in [-0.05, 0) is 24.1 Å². The number of aromatic nitrogens is 1. The third kappa shape index (κ3) is 4.86. The molecule has 0 bridgehead atoms. The molecule has 0 unspecified atom stereocenters. The number of hydrogen-bond acceptors (Lipinski definition) is 5. The lowest BCUT2D eigenvalue weighted by Crippen LogP contribution is -2.28. The Bertz CT molecular complexity index is 801. The molecule has 2 rings (SSSR count). The molecular weight excluding hydrogens is 336 g/mol. The van der Waals surface area contributed by atoms with Gasteiger partial charge >= 0.3 is 0 Å². The lowest BCUT2D eigenvalue weighted by Gasteiger charge is -2.13. The van der Waals surface area contributed by atoms with Crippen LogP contribution in [-0.2, 0) is 17.7 Å². The van der Waals surface area contributed by atoms with Gasteiger partial charge in [0.15, 0.2) is 11.5 Å². The van der Waals surface area contributed by atoms with Gasteiger partial charge in [0.1, 0.15) is 0 Å². The number of nitrogens with zero attached hydrogens (tertiary/aromatic N) is 1. The number of carbonyl (C=O) groups is 1. The molecule has 0 saturated carbocycles. The van der Waals surface area contributed by atoms with E-state index < -0.39 is 0 Å². The first-order valence-electron chi connectivity index (χ1n) is 8.28. The third-order valence-electron chi connectivity index (χ3n) is 3.95. The number of pyridine rings is 1. The topological polar surface area (TPSA) is 78.8 Å². The molecule has 7 nitrogen and oxygen atoms in total. The Balaban J connectivity index is 2.00. The van der Waals surface area contributed by atoms with Crippen LogP contribution in [0.2, 0.25) is 0 Å². The SMILES string of the molecule is COCCn1cc(C(=O)NCCc2cccc(OC)c2OC)ccc1=O. The Morgan fingerprint density at radius 1 is 1.12 bits per heavy atom. The van der Waals surface area contributed by atoms with Gasteiger partial charge in [-0.2, -0.15) is 0 Å². The first-order valence-corrected chi connectivity index (χ1v) is 8.28. The largest absolute Gasteiger partial charge is 0.493 e. The highest BCUT2D eigenvalue weighted by Gasteiger charge is 2.11. The summed E-state index contributed by atoms with van der Waals surface area (Å²) in [6, 6.07) is 8.54. The number of methoxy groups -OCH3 is 3. The Hall–Kier alpha value is -2.80. The van der Waals surface area contributed by atoms with Crippen molar-refractivity contribution >= 4 is 5.91 Å². The van der Waals surface area contributed by atoms with E-state index in [1.165, 1.54) is 16.7 Å². The number of nitrogens with one attached hydrogen (secondary N) is 1. The normalized spacial score (nSPS) is 10.4. The van der Waals surface area contributed by atoms with Crippen LogP contribution in [0.4, 0.5) is 0 Å². The highest BCUT2D eigenvalue weighted by molar-refractivity contribution is 5.93. The molecular formula is C19H24N2O5. The lowest BCUT2D eigenvalue weighted by atomic mass is 10.1. The molecule has 0 fully saturated rings. The lowest BCUT2D eigenvalue weighted by molar-refractivity contribution is 0.0953. The number of carbonyl (C=O) groups excluding carboxylic acids is 1. The van der Waals surface area contributed by atoms with Crippen molar-refractivity contribution < 1.29 is 19.0 Å². The van der Waals surface area contributed by atoms with Crippen LogP contribution in [0.1, 0.15) is 15.9 Å². The molecule has 1 aromatic carbocycles. The number of rotatable bonds is 9. The maximum atomic E-state index is 12.3. The van der Waals surface area contributed by atoms with Gasteiger partial charge in [-0.25, -0.2) is 0 Å². The van der Waals surface area contributed by atoms with Gasteiger partial charge in [-0.1, -0.05) is 12.1 Å². The minimum Gasteiger partial charge on any atom is -0.493 e. The molecule has 0 aliphatic heterocycles. The summed E-state index contributed by atoms with van der Waals surface area (Å²) >= 11 is 0. The van der Waals surface area contributed by atoms with Crippen molar-refractivity contribution in [1.82, 2.24) is 9.88 Å². The molecule has 1 heterocycles. The molecule has 2 aromatic rings. The summed E-state index contributed by atoms with van der Waals surface area (Å²) in [5.41, 5.74) is 1.20. The first-order chi connectivity index (χ1) is 12.6. The van der Waals surface area contributed by atoms with Crippen LogP contribution in [0, 0.1) is 0 Å². The standard InChI is InChI=1S/C19H24N2O5/c1-24-12-11-21-13-15(7-8-17(21)22)19(23)20-10-9-14-5-4-6-16(25-2)18(14)26-3/h4-8,13H,9-12H2,1-3H3,(H,20,23). The van der Waals surface area contributed by atoms with Crippen molar-refractivity contribution in [2.75, 3.05) is 34.5 Å². The van der Waals surface area contributed by atoms with Crippen molar-refractivity contribution in [3.8, 4) is 11.5 Å². The van der Waals surface area contributed by atoms with Crippen LogP contribution in [-0.4, -0.2) is 45.0 Å². The number of ether oxygens (including phenoxy) is 3. The molecule has 0 atom stereocenters. The van der Waals surface area contributed by atoms with Crippen molar-refractivity contribution in [3.63, 3.8) is 0 Å². The van der Waals surface area contributed by atoms with Gasteiger partial charge in [-0.15, -0.1) is 0 Å². The van der Waals surface area contributed by atoms with E-state index in [0.29, 0.717) is 43.2 Å². The van der Waals surface area contributed by atoms with E-state index >= 15 is 0 Å². The summed E-state index contributed by atoms with van der Waals surface area (Å²) in [6.07, 6.45) is 2.14. The first kappa shape index (κ1) is 19.5. The highest BCUT2D eigenvalue weighted by atomic mass is 16.5.